The van der Waals surface area contributed by atoms with Crippen LogP contribution in [-0.2, 0) is 4.79 Å². The maximum absolute atomic E-state index is 9.70. The van der Waals surface area contributed by atoms with E-state index in [2.05, 4.69) is 24.0 Å². The monoisotopic (exact) mass is 191 g/mol. The highest BCUT2D eigenvalue weighted by atomic mass is 16.1. The minimum atomic E-state index is 0.00463. The molecule has 0 saturated carbocycles. The van der Waals surface area contributed by atoms with Gasteiger partial charge in [-0.15, -0.1) is 0 Å². The topological polar surface area (TPSA) is 29.1 Å². The van der Waals surface area contributed by atoms with Crippen LogP contribution >= 0.6 is 0 Å². The first kappa shape index (κ1) is 12.4. The van der Waals surface area contributed by atoms with Gasteiger partial charge in [0.2, 0.25) is 5.91 Å². The fraction of sp³-hybridized carbons (Fsp3) is 0.250. The minimum absolute atomic E-state index is 0.00463. The Bertz CT molecular complexity index is 290. The van der Waals surface area contributed by atoms with E-state index in [1.807, 2.05) is 25.1 Å². The van der Waals surface area contributed by atoms with Crippen LogP contribution in [0.5, 0.6) is 0 Å². The van der Waals surface area contributed by atoms with Crippen molar-refractivity contribution in [1.82, 2.24) is 5.32 Å². The van der Waals surface area contributed by atoms with E-state index in [1.165, 1.54) is 12.5 Å². The first-order valence-corrected chi connectivity index (χ1v) is 4.47. The number of nitrogens with one attached hydrogen (secondary N) is 1. The number of hydrogen-bond donors (Lipinski definition) is 1. The zero-order valence-electron chi connectivity index (χ0n) is 9.00. The molecule has 0 aliphatic rings. The van der Waals surface area contributed by atoms with E-state index in [-0.39, 0.29) is 5.91 Å². The molecule has 0 unspecified atom stereocenters. The van der Waals surface area contributed by atoms with Gasteiger partial charge in [-0.2, -0.15) is 0 Å². The summed E-state index contributed by atoms with van der Waals surface area (Å²) in [6, 6.07) is 10.2. The van der Waals surface area contributed by atoms with Gasteiger partial charge < -0.3 is 5.32 Å². The molecule has 2 heteroatoms. The molecular weight excluding hydrogens is 174 g/mol. The predicted molar refractivity (Wildman–Crippen MR) is 60.9 cm³/mol. The Hall–Kier alpha value is -1.57. The van der Waals surface area contributed by atoms with Crippen molar-refractivity contribution in [3.05, 3.63) is 42.5 Å². The van der Waals surface area contributed by atoms with Gasteiger partial charge in [0.15, 0.2) is 0 Å². The first-order chi connectivity index (χ1) is 6.57. The number of rotatable bonds is 1. The zero-order chi connectivity index (χ0) is 11.0. The molecule has 1 rings (SSSR count). The van der Waals surface area contributed by atoms with Gasteiger partial charge in [-0.3, -0.25) is 4.79 Å². The fourth-order valence-electron chi connectivity index (χ4n) is 0.723. The molecule has 1 aromatic carbocycles. The molecule has 1 amide bonds. The second kappa shape index (κ2) is 6.89. The Morgan fingerprint density at radius 2 is 1.64 bits per heavy atom. The summed E-state index contributed by atoms with van der Waals surface area (Å²) in [6.45, 7) is 7.31. The van der Waals surface area contributed by atoms with Crippen LogP contribution < -0.4 is 5.32 Å². The molecule has 0 spiro atoms. The van der Waals surface area contributed by atoms with Gasteiger partial charge in [0, 0.05) is 14.0 Å². The molecule has 0 aliphatic carbocycles. The van der Waals surface area contributed by atoms with Crippen LogP contribution in [0, 0.1) is 0 Å². The van der Waals surface area contributed by atoms with Crippen LogP contribution in [0.1, 0.15) is 19.4 Å². The van der Waals surface area contributed by atoms with E-state index < -0.39 is 0 Å². The van der Waals surface area contributed by atoms with Crippen molar-refractivity contribution in [3.63, 3.8) is 0 Å². The van der Waals surface area contributed by atoms with Crippen LogP contribution in [0.3, 0.4) is 0 Å². The summed E-state index contributed by atoms with van der Waals surface area (Å²) in [7, 11) is 1.60. The Kier molecular flexibility index (Phi) is 6.12. The minimum Gasteiger partial charge on any atom is -0.359 e. The molecule has 0 aromatic heterocycles. The lowest BCUT2D eigenvalue weighted by Gasteiger charge is -1.94. The Labute approximate surface area is 85.6 Å². The van der Waals surface area contributed by atoms with Crippen molar-refractivity contribution in [2.45, 2.75) is 13.8 Å². The molecule has 0 saturated heterocycles. The number of hydrogen-bond acceptors (Lipinski definition) is 1. The molecule has 14 heavy (non-hydrogen) atoms. The second-order valence-corrected chi connectivity index (χ2v) is 2.95. The molecule has 2 nitrogen and oxygen atoms in total. The Morgan fingerprint density at radius 1 is 1.21 bits per heavy atom. The Morgan fingerprint density at radius 3 is 1.86 bits per heavy atom. The normalized spacial score (nSPS) is 8.21. The highest BCUT2D eigenvalue weighted by Crippen LogP contribution is 2.08. The third-order valence-corrected chi connectivity index (χ3v) is 1.62. The molecule has 0 radical (unpaired) electrons. The molecule has 0 atom stereocenters. The van der Waals surface area contributed by atoms with Crippen molar-refractivity contribution in [2.75, 3.05) is 7.05 Å². The number of allylic oxidation sites excluding steroid dienone is 1. The van der Waals surface area contributed by atoms with Gasteiger partial charge >= 0.3 is 0 Å². The fourth-order valence-corrected chi connectivity index (χ4v) is 0.723. The molecule has 0 bridgehead atoms. The lowest BCUT2D eigenvalue weighted by molar-refractivity contribution is -0.118. The summed E-state index contributed by atoms with van der Waals surface area (Å²) in [5.41, 5.74) is 2.34. The number of benzene rings is 1. The molecule has 0 heterocycles. The predicted octanol–water partition coefficient (Wildman–Crippen LogP) is 2.47. The van der Waals surface area contributed by atoms with E-state index >= 15 is 0 Å². The van der Waals surface area contributed by atoms with Gasteiger partial charge in [-0.1, -0.05) is 42.5 Å². The molecule has 76 valence electrons. The van der Waals surface area contributed by atoms with Gasteiger partial charge in [0.1, 0.15) is 0 Å². The maximum Gasteiger partial charge on any atom is 0.216 e. The number of amides is 1. The van der Waals surface area contributed by atoms with Gasteiger partial charge in [-0.25, -0.2) is 0 Å². The van der Waals surface area contributed by atoms with Crippen molar-refractivity contribution >= 4 is 11.5 Å². The van der Waals surface area contributed by atoms with Gasteiger partial charge in [0.25, 0.3) is 0 Å². The van der Waals surface area contributed by atoms with E-state index in [0.717, 1.165) is 5.57 Å². The molecule has 0 fully saturated rings. The van der Waals surface area contributed by atoms with Crippen LogP contribution in [-0.4, -0.2) is 13.0 Å². The second-order valence-electron chi connectivity index (χ2n) is 2.95. The van der Waals surface area contributed by atoms with Crippen LogP contribution in [0.15, 0.2) is 36.9 Å². The third-order valence-electron chi connectivity index (χ3n) is 1.62. The standard InChI is InChI=1S/C9H10.C3H7NO/c1-8(2)9-6-4-3-5-7-9;1-3(5)4-2/h3-7H,1H2,2H3;1-2H3,(H,4,5). The molecule has 1 aromatic rings. The number of carbonyl (C=O) groups excluding carboxylic acids is 1. The molecular formula is C12H17NO. The Balaban J connectivity index is 0.000000292. The lowest BCUT2D eigenvalue weighted by Crippen LogP contribution is -2.11. The quantitative estimate of drug-likeness (QED) is 0.726. The summed E-state index contributed by atoms with van der Waals surface area (Å²) in [5, 5.41) is 2.39. The summed E-state index contributed by atoms with van der Waals surface area (Å²) in [5.74, 6) is 0.00463. The van der Waals surface area contributed by atoms with E-state index in [0.29, 0.717) is 0 Å². The smallest absolute Gasteiger partial charge is 0.216 e. The van der Waals surface area contributed by atoms with E-state index in [1.54, 1.807) is 7.05 Å². The van der Waals surface area contributed by atoms with Gasteiger partial charge in [-0.05, 0) is 12.5 Å². The van der Waals surface area contributed by atoms with Crippen molar-refractivity contribution in [3.8, 4) is 0 Å². The van der Waals surface area contributed by atoms with E-state index in [4.69, 9.17) is 0 Å². The highest BCUT2D eigenvalue weighted by Gasteiger charge is 1.86. The highest BCUT2D eigenvalue weighted by molar-refractivity contribution is 5.72. The van der Waals surface area contributed by atoms with Crippen LogP contribution in [0.25, 0.3) is 5.57 Å². The third kappa shape index (κ3) is 6.00. The lowest BCUT2D eigenvalue weighted by atomic mass is 10.1. The van der Waals surface area contributed by atoms with Crippen molar-refractivity contribution < 1.29 is 4.79 Å². The van der Waals surface area contributed by atoms with E-state index in [9.17, 15) is 4.79 Å². The summed E-state index contributed by atoms with van der Waals surface area (Å²) in [6.07, 6.45) is 0. The summed E-state index contributed by atoms with van der Waals surface area (Å²) in [4.78, 5) is 9.70. The summed E-state index contributed by atoms with van der Waals surface area (Å²) >= 11 is 0. The number of carbonyl (C=O) groups is 1. The molecule has 0 aliphatic heterocycles. The van der Waals surface area contributed by atoms with Crippen LogP contribution in [0.4, 0.5) is 0 Å². The SMILES string of the molecule is C=C(C)c1ccccc1.CNC(C)=O. The maximum atomic E-state index is 9.70. The average molecular weight is 191 g/mol. The van der Waals surface area contributed by atoms with Crippen molar-refractivity contribution in [2.24, 2.45) is 0 Å². The summed E-state index contributed by atoms with van der Waals surface area (Å²) < 4.78 is 0. The first-order valence-electron chi connectivity index (χ1n) is 4.47. The molecule has 1 N–H and O–H groups in total. The largest absolute Gasteiger partial charge is 0.359 e. The zero-order valence-corrected chi connectivity index (χ0v) is 9.00. The average Bonchev–Trinajstić information content (AvgIpc) is 2.20. The van der Waals surface area contributed by atoms with Crippen molar-refractivity contribution in [1.29, 1.82) is 0 Å². The van der Waals surface area contributed by atoms with Gasteiger partial charge in [0.05, 0.1) is 0 Å². The van der Waals surface area contributed by atoms with Crippen LogP contribution in [0.2, 0.25) is 0 Å².